The molecular formula is C23H22N2O5. The molecule has 0 unspecified atom stereocenters. The lowest BCUT2D eigenvalue weighted by atomic mass is 10.0. The second-order valence-corrected chi connectivity index (χ2v) is 6.69. The number of rotatable bonds is 6. The number of amides is 1. The number of nitrogens with zero attached hydrogens (tertiary/aromatic N) is 2. The first-order chi connectivity index (χ1) is 14.7. The molecule has 0 saturated carbocycles. The molecule has 2 heterocycles. The molecule has 7 nitrogen and oxygen atoms in total. The third-order valence-corrected chi connectivity index (χ3v) is 5.04. The van der Waals surface area contributed by atoms with Crippen LogP contribution in [-0.4, -0.2) is 38.0 Å². The normalized spacial score (nSPS) is 15.6. The van der Waals surface area contributed by atoms with Crippen molar-refractivity contribution in [3.63, 3.8) is 0 Å². The summed E-state index contributed by atoms with van der Waals surface area (Å²) in [6.07, 6.45) is 2.14. The molecule has 1 aliphatic heterocycles. The van der Waals surface area contributed by atoms with Gasteiger partial charge < -0.3 is 18.6 Å². The molecule has 1 atom stereocenters. The highest BCUT2D eigenvalue weighted by Crippen LogP contribution is 2.42. The van der Waals surface area contributed by atoms with Crippen LogP contribution in [0, 0.1) is 0 Å². The van der Waals surface area contributed by atoms with Gasteiger partial charge in [-0.05, 0) is 29.8 Å². The quantitative estimate of drug-likeness (QED) is 0.610. The van der Waals surface area contributed by atoms with Gasteiger partial charge in [0.25, 0.3) is 5.91 Å². The van der Waals surface area contributed by atoms with Crippen LogP contribution in [-0.2, 0) is 0 Å². The predicted molar refractivity (Wildman–Crippen MR) is 111 cm³/mol. The Labute approximate surface area is 174 Å². The van der Waals surface area contributed by atoms with Crippen molar-refractivity contribution < 1.29 is 23.4 Å². The summed E-state index contributed by atoms with van der Waals surface area (Å²) >= 11 is 0. The van der Waals surface area contributed by atoms with Crippen LogP contribution in [0.3, 0.4) is 0 Å². The van der Waals surface area contributed by atoms with Gasteiger partial charge in [0.15, 0.2) is 11.5 Å². The van der Waals surface area contributed by atoms with Crippen LogP contribution >= 0.6 is 0 Å². The molecule has 0 bridgehead atoms. The first-order valence-electron chi connectivity index (χ1n) is 9.46. The highest BCUT2D eigenvalue weighted by molar-refractivity contribution is 6.04. The van der Waals surface area contributed by atoms with Crippen LogP contribution in [0.4, 0.5) is 0 Å². The Kier molecular flexibility index (Phi) is 5.43. The van der Waals surface area contributed by atoms with Crippen molar-refractivity contribution in [2.75, 3.05) is 21.3 Å². The topological polar surface area (TPSA) is 73.5 Å². The highest BCUT2D eigenvalue weighted by Gasteiger charge is 2.36. The lowest BCUT2D eigenvalue weighted by molar-refractivity contribution is 0.0707. The van der Waals surface area contributed by atoms with Gasteiger partial charge in [-0.25, -0.2) is 5.01 Å². The van der Waals surface area contributed by atoms with E-state index in [0.29, 0.717) is 40.7 Å². The fourth-order valence-electron chi connectivity index (χ4n) is 3.62. The Balaban J connectivity index is 1.78. The van der Waals surface area contributed by atoms with Gasteiger partial charge in [-0.1, -0.05) is 30.3 Å². The predicted octanol–water partition coefficient (Wildman–Crippen LogP) is 4.30. The molecule has 7 heteroatoms. The Morgan fingerprint density at radius 1 is 0.967 bits per heavy atom. The number of hydrogen-bond donors (Lipinski definition) is 0. The van der Waals surface area contributed by atoms with Crippen LogP contribution in [0.15, 0.2) is 70.4 Å². The number of hydrazone groups is 1. The van der Waals surface area contributed by atoms with Gasteiger partial charge in [0.05, 0.1) is 39.2 Å². The van der Waals surface area contributed by atoms with Crippen LogP contribution in [0.5, 0.6) is 17.2 Å². The summed E-state index contributed by atoms with van der Waals surface area (Å²) in [5.74, 6) is 1.48. The van der Waals surface area contributed by atoms with Crippen molar-refractivity contribution in [1.29, 1.82) is 0 Å². The molecule has 0 aliphatic carbocycles. The number of carbonyl (C=O) groups excluding carboxylic acids is 1. The molecule has 1 amide bonds. The Hall–Kier alpha value is -3.74. The number of benzene rings is 2. The van der Waals surface area contributed by atoms with E-state index < -0.39 is 0 Å². The summed E-state index contributed by atoms with van der Waals surface area (Å²) in [6, 6.07) is 16.5. The SMILES string of the molecule is COc1ccc(C(=O)N2N=C(c3ccco3)C[C@@H]2c2ccccc2)c(OC)c1OC. The Bertz CT molecular complexity index is 1060. The van der Waals surface area contributed by atoms with E-state index in [-0.39, 0.29) is 11.9 Å². The second kappa shape index (κ2) is 8.32. The summed E-state index contributed by atoms with van der Waals surface area (Å²) in [7, 11) is 4.53. The van der Waals surface area contributed by atoms with E-state index in [1.807, 2.05) is 36.4 Å². The number of methoxy groups -OCH3 is 3. The van der Waals surface area contributed by atoms with E-state index in [0.717, 1.165) is 5.56 Å². The van der Waals surface area contributed by atoms with Crippen LogP contribution < -0.4 is 14.2 Å². The fourth-order valence-corrected chi connectivity index (χ4v) is 3.62. The highest BCUT2D eigenvalue weighted by atomic mass is 16.5. The molecule has 0 spiro atoms. The molecule has 30 heavy (non-hydrogen) atoms. The van der Waals surface area contributed by atoms with Crippen LogP contribution in [0.25, 0.3) is 0 Å². The third-order valence-electron chi connectivity index (χ3n) is 5.04. The van der Waals surface area contributed by atoms with Crippen molar-refractivity contribution in [1.82, 2.24) is 5.01 Å². The maximum atomic E-state index is 13.6. The van der Waals surface area contributed by atoms with Gasteiger partial charge in [0.2, 0.25) is 5.75 Å². The zero-order valence-electron chi connectivity index (χ0n) is 17.0. The van der Waals surface area contributed by atoms with E-state index in [1.165, 1.54) is 26.3 Å². The minimum atomic E-state index is -0.303. The molecule has 0 saturated heterocycles. The third kappa shape index (κ3) is 3.39. The maximum absolute atomic E-state index is 13.6. The van der Waals surface area contributed by atoms with Crippen molar-refractivity contribution in [2.24, 2.45) is 5.10 Å². The molecular weight excluding hydrogens is 384 g/mol. The lowest BCUT2D eigenvalue weighted by Crippen LogP contribution is -2.27. The first kappa shape index (κ1) is 19.6. The standard InChI is InChI=1S/C23H22N2O5/c1-27-20-12-11-16(21(28-2)22(20)29-3)23(26)25-18(15-8-5-4-6-9-15)14-17(24-25)19-10-7-13-30-19/h4-13,18H,14H2,1-3H3/t18-/m1/s1. The van der Waals surface area contributed by atoms with E-state index >= 15 is 0 Å². The first-order valence-corrected chi connectivity index (χ1v) is 9.46. The molecule has 154 valence electrons. The van der Waals surface area contributed by atoms with E-state index in [2.05, 4.69) is 5.10 Å². The molecule has 3 aromatic rings. The summed E-state index contributed by atoms with van der Waals surface area (Å²) in [5, 5.41) is 6.10. The van der Waals surface area contributed by atoms with Crippen molar-refractivity contribution in [2.45, 2.75) is 12.5 Å². The number of ether oxygens (including phenoxy) is 3. The van der Waals surface area contributed by atoms with Gasteiger partial charge in [-0.3, -0.25) is 4.79 Å². The van der Waals surface area contributed by atoms with Gasteiger partial charge in [0, 0.05) is 6.42 Å². The minimum absolute atomic E-state index is 0.267. The van der Waals surface area contributed by atoms with Crippen LogP contribution in [0.1, 0.15) is 34.1 Å². The molecule has 4 rings (SSSR count). The molecule has 1 aromatic heterocycles. The van der Waals surface area contributed by atoms with Crippen LogP contribution in [0.2, 0.25) is 0 Å². The van der Waals surface area contributed by atoms with E-state index in [1.54, 1.807) is 24.5 Å². The average Bonchev–Trinajstić information content (AvgIpc) is 3.48. The molecule has 2 aromatic carbocycles. The summed E-state index contributed by atoms with van der Waals surface area (Å²) < 4.78 is 21.8. The van der Waals surface area contributed by atoms with E-state index in [9.17, 15) is 4.79 Å². The average molecular weight is 406 g/mol. The second-order valence-electron chi connectivity index (χ2n) is 6.69. The molecule has 0 radical (unpaired) electrons. The van der Waals surface area contributed by atoms with Gasteiger partial charge in [-0.2, -0.15) is 5.10 Å². The summed E-state index contributed by atoms with van der Waals surface area (Å²) in [4.78, 5) is 13.6. The Morgan fingerprint density at radius 2 is 1.73 bits per heavy atom. The largest absolute Gasteiger partial charge is 0.493 e. The van der Waals surface area contributed by atoms with E-state index in [4.69, 9.17) is 18.6 Å². The molecule has 0 fully saturated rings. The fraction of sp³-hybridized carbons (Fsp3) is 0.217. The zero-order chi connectivity index (χ0) is 21.1. The smallest absolute Gasteiger partial charge is 0.278 e. The molecule has 0 N–H and O–H groups in total. The van der Waals surface area contributed by atoms with Gasteiger partial charge >= 0.3 is 0 Å². The minimum Gasteiger partial charge on any atom is -0.493 e. The number of furan rings is 1. The number of hydrogen-bond acceptors (Lipinski definition) is 6. The lowest BCUT2D eigenvalue weighted by Gasteiger charge is -2.23. The maximum Gasteiger partial charge on any atom is 0.278 e. The zero-order valence-corrected chi connectivity index (χ0v) is 17.0. The van der Waals surface area contributed by atoms with Crippen molar-refractivity contribution in [3.8, 4) is 17.2 Å². The summed E-state index contributed by atoms with van der Waals surface area (Å²) in [6.45, 7) is 0. The Morgan fingerprint density at radius 3 is 2.37 bits per heavy atom. The summed E-state index contributed by atoms with van der Waals surface area (Å²) in [5.41, 5.74) is 2.03. The van der Waals surface area contributed by atoms with Crippen molar-refractivity contribution in [3.05, 3.63) is 77.7 Å². The molecule has 1 aliphatic rings. The number of carbonyl (C=O) groups is 1. The van der Waals surface area contributed by atoms with Gasteiger partial charge in [-0.15, -0.1) is 0 Å². The monoisotopic (exact) mass is 406 g/mol. The van der Waals surface area contributed by atoms with Crippen molar-refractivity contribution >= 4 is 11.6 Å². The van der Waals surface area contributed by atoms with Gasteiger partial charge in [0.1, 0.15) is 11.5 Å².